The Balaban J connectivity index is 1.66. The molecular weight excluding hydrogens is 362 g/mol. The maximum Gasteiger partial charge on any atom is 0.276 e. The summed E-state index contributed by atoms with van der Waals surface area (Å²) in [7, 11) is 0. The van der Waals surface area contributed by atoms with Gasteiger partial charge in [-0.25, -0.2) is 4.98 Å². The lowest BCUT2D eigenvalue weighted by molar-refractivity contribution is 0.0948. The molecule has 1 aliphatic rings. The number of allylic oxidation sites excluding steroid dienone is 1. The highest BCUT2D eigenvalue weighted by atomic mass is 16.2. The average molecular weight is 392 g/mol. The van der Waals surface area contributed by atoms with Crippen LogP contribution in [0.25, 0.3) is 0 Å². The molecule has 0 atom stereocenters. The second kappa shape index (κ2) is 10.0. The molecule has 0 saturated heterocycles. The standard InChI is InChI=1S/C24H29N3O2/c1-3-27(20-12-7-9-18(2)17-20)24(29)22-14-8-13-21(26-22)23(28)25-16-15-19-10-5-4-6-11-19/h7-10,12-14,17H,3-6,11,15-16H2,1-2H3,(H,25,28). The zero-order chi connectivity index (χ0) is 20.6. The van der Waals surface area contributed by atoms with Gasteiger partial charge in [0, 0.05) is 18.8 Å². The molecule has 2 amide bonds. The molecule has 0 fully saturated rings. The van der Waals surface area contributed by atoms with Gasteiger partial charge in [-0.15, -0.1) is 0 Å². The van der Waals surface area contributed by atoms with Crippen LogP contribution in [0.3, 0.4) is 0 Å². The van der Waals surface area contributed by atoms with E-state index in [9.17, 15) is 9.59 Å². The molecule has 0 bridgehead atoms. The van der Waals surface area contributed by atoms with Crippen molar-refractivity contribution in [2.75, 3.05) is 18.0 Å². The number of amides is 2. The molecule has 5 heteroatoms. The van der Waals surface area contributed by atoms with Crippen LogP contribution in [0.15, 0.2) is 54.1 Å². The highest BCUT2D eigenvalue weighted by Crippen LogP contribution is 2.20. The van der Waals surface area contributed by atoms with Crippen molar-refractivity contribution in [3.05, 3.63) is 71.1 Å². The van der Waals surface area contributed by atoms with Crippen molar-refractivity contribution in [2.24, 2.45) is 0 Å². The van der Waals surface area contributed by atoms with Gasteiger partial charge >= 0.3 is 0 Å². The largest absolute Gasteiger partial charge is 0.350 e. The zero-order valence-corrected chi connectivity index (χ0v) is 17.3. The van der Waals surface area contributed by atoms with E-state index in [2.05, 4.69) is 16.4 Å². The third kappa shape index (κ3) is 5.53. The molecule has 3 rings (SSSR count). The number of pyridine rings is 1. The van der Waals surface area contributed by atoms with Gasteiger partial charge in [-0.2, -0.15) is 0 Å². The topological polar surface area (TPSA) is 62.3 Å². The van der Waals surface area contributed by atoms with Crippen LogP contribution in [0.5, 0.6) is 0 Å². The van der Waals surface area contributed by atoms with Crippen LogP contribution in [-0.2, 0) is 0 Å². The summed E-state index contributed by atoms with van der Waals surface area (Å²) in [6.45, 7) is 5.04. The van der Waals surface area contributed by atoms with Gasteiger partial charge < -0.3 is 10.2 Å². The SMILES string of the molecule is CCN(C(=O)c1cccc(C(=O)NCCC2=CCCCC2)n1)c1cccc(C)c1. The number of aromatic nitrogens is 1. The first-order valence-electron chi connectivity index (χ1n) is 10.4. The monoisotopic (exact) mass is 391 g/mol. The molecule has 152 valence electrons. The number of hydrogen-bond donors (Lipinski definition) is 1. The van der Waals surface area contributed by atoms with Crippen LogP contribution < -0.4 is 10.2 Å². The Morgan fingerprint density at radius 2 is 1.90 bits per heavy atom. The minimum absolute atomic E-state index is 0.208. The van der Waals surface area contributed by atoms with E-state index in [0.717, 1.165) is 30.5 Å². The van der Waals surface area contributed by atoms with Crippen LogP contribution in [0.4, 0.5) is 5.69 Å². The highest BCUT2D eigenvalue weighted by Gasteiger charge is 2.19. The Hall–Kier alpha value is -2.95. The second-order valence-electron chi connectivity index (χ2n) is 7.41. The first-order chi connectivity index (χ1) is 14.1. The van der Waals surface area contributed by atoms with E-state index in [4.69, 9.17) is 0 Å². The number of carbonyl (C=O) groups is 2. The van der Waals surface area contributed by atoms with E-state index in [-0.39, 0.29) is 23.2 Å². The van der Waals surface area contributed by atoms with Crippen molar-refractivity contribution in [1.82, 2.24) is 10.3 Å². The van der Waals surface area contributed by atoms with E-state index in [1.165, 1.54) is 18.4 Å². The van der Waals surface area contributed by atoms with Crippen molar-refractivity contribution >= 4 is 17.5 Å². The minimum Gasteiger partial charge on any atom is -0.350 e. The Kier molecular flexibility index (Phi) is 7.17. The molecule has 0 radical (unpaired) electrons. The van der Waals surface area contributed by atoms with E-state index < -0.39 is 0 Å². The van der Waals surface area contributed by atoms with Gasteiger partial charge in [0.1, 0.15) is 11.4 Å². The zero-order valence-electron chi connectivity index (χ0n) is 17.3. The van der Waals surface area contributed by atoms with Crippen molar-refractivity contribution in [3.8, 4) is 0 Å². The van der Waals surface area contributed by atoms with E-state index in [1.807, 2.05) is 38.1 Å². The van der Waals surface area contributed by atoms with E-state index in [0.29, 0.717) is 13.1 Å². The number of aryl methyl sites for hydroxylation is 1. The lowest BCUT2D eigenvalue weighted by Gasteiger charge is -2.21. The Morgan fingerprint density at radius 1 is 1.10 bits per heavy atom. The Labute approximate surface area is 172 Å². The Morgan fingerprint density at radius 3 is 2.62 bits per heavy atom. The van der Waals surface area contributed by atoms with Crippen LogP contribution in [0, 0.1) is 6.92 Å². The fraction of sp³-hybridized carbons (Fsp3) is 0.375. The first kappa shape index (κ1) is 20.8. The second-order valence-corrected chi connectivity index (χ2v) is 7.41. The van der Waals surface area contributed by atoms with Gasteiger partial charge in [-0.1, -0.05) is 29.8 Å². The average Bonchev–Trinajstić information content (AvgIpc) is 2.75. The fourth-order valence-electron chi connectivity index (χ4n) is 3.62. The summed E-state index contributed by atoms with van der Waals surface area (Å²) in [6.07, 6.45) is 7.94. The molecule has 1 N–H and O–H groups in total. The van der Waals surface area contributed by atoms with Crippen molar-refractivity contribution in [1.29, 1.82) is 0 Å². The number of rotatable bonds is 7. The third-order valence-corrected chi connectivity index (χ3v) is 5.19. The lowest BCUT2D eigenvalue weighted by Crippen LogP contribution is -2.32. The van der Waals surface area contributed by atoms with Gasteiger partial charge in [-0.3, -0.25) is 9.59 Å². The summed E-state index contributed by atoms with van der Waals surface area (Å²) in [6, 6.07) is 12.8. The van der Waals surface area contributed by atoms with Crippen molar-refractivity contribution < 1.29 is 9.59 Å². The molecule has 2 aromatic rings. The van der Waals surface area contributed by atoms with Gasteiger partial charge in [0.25, 0.3) is 11.8 Å². The number of carbonyl (C=O) groups excluding carboxylic acids is 2. The molecule has 1 heterocycles. The lowest BCUT2D eigenvalue weighted by atomic mass is 9.97. The molecule has 29 heavy (non-hydrogen) atoms. The molecular formula is C24H29N3O2. The predicted molar refractivity (Wildman–Crippen MR) is 116 cm³/mol. The first-order valence-corrected chi connectivity index (χ1v) is 10.4. The molecule has 5 nitrogen and oxygen atoms in total. The summed E-state index contributed by atoms with van der Waals surface area (Å²) in [5.74, 6) is -0.449. The van der Waals surface area contributed by atoms with E-state index >= 15 is 0 Å². The Bertz CT molecular complexity index is 905. The quantitative estimate of drug-likeness (QED) is 0.697. The number of hydrogen-bond acceptors (Lipinski definition) is 3. The van der Waals surface area contributed by atoms with Crippen LogP contribution in [0.2, 0.25) is 0 Å². The summed E-state index contributed by atoms with van der Waals surface area (Å²) in [5, 5.41) is 2.93. The third-order valence-electron chi connectivity index (χ3n) is 5.19. The summed E-state index contributed by atoms with van der Waals surface area (Å²) >= 11 is 0. The van der Waals surface area contributed by atoms with Crippen molar-refractivity contribution in [2.45, 2.75) is 46.0 Å². The molecule has 0 aliphatic heterocycles. The highest BCUT2D eigenvalue weighted by molar-refractivity contribution is 6.05. The molecule has 1 aliphatic carbocycles. The smallest absolute Gasteiger partial charge is 0.276 e. The number of anilines is 1. The predicted octanol–water partition coefficient (Wildman–Crippen LogP) is 4.68. The summed E-state index contributed by atoms with van der Waals surface area (Å²) in [5.41, 5.74) is 3.88. The van der Waals surface area contributed by atoms with E-state index in [1.54, 1.807) is 23.1 Å². The summed E-state index contributed by atoms with van der Waals surface area (Å²) in [4.78, 5) is 31.5. The molecule has 0 saturated carbocycles. The van der Waals surface area contributed by atoms with Gasteiger partial charge in [-0.05, 0) is 75.8 Å². The number of nitrogens with zero attached hydrogens (tertiary/aromatic N) is 2. The van der Waals surface area contributed by atoms with Crippen LogP contribution in [0.1, 0.15) is 65.6 Å². The van der Waals surface area contributed by atoms with Gasteiger partial charge in [0.15, 0.2) is 0 Å². The molecule has 1 aromatic carbocycles. The summed E-state index contributed by atoms with van der Waals surface area (Å²) < 4.78 is 0. The molecule has 1 aromatic heterocycles. The fourth-order valence-corrected chi connectivity index (χ4v) is 3.62. The maximum atomic E-state index is 13.0. The van der Waals surface area contributed by atoms with Gasteiger partial charge in [0.05, 0.1) is 0 Å². The molecule has 0 spiro atoms. The van der Waals surface area contributed by atoms with Gasteiger partial charge in [0.2, 0.25) is 0 Å². The normalized spacial score (nSPS) is 13.5. The van der Waals surface area contributed by atoms with Crippen molar-refractivity contribution in [3.63, 3.8) is 0 Å². The van der Waals surface area contributed by atoms with Crippen LogP contribution >= 0.6 is 0 Å². The number of nitrogens with one attached hydrogen (secondary N) is 1. The number of benzene rings is 1. The van der Waals surface area contributed by atoms with Crippen LogP contribution in [-0.4, -0.2) is 29.9 Å². The maximum absolute atomic E-state index is 13.0. The molecule has 0 unspecified atom stereocenters. The minimum atomic E-state index is -0.241.